The molecule has 23 heavy (non-hydrogen) atoms. The van der Waals surface area contributed by atoms with Crippen LogP contribution in [0.2, 0.25) is 0 Å². The maximum absolute atomic E-state index is 12.3. The Labute approximate surface area is 135 Å². The minimum atomic E-state index is -0.242. The van der Waals surface area contributed by atoms with Gasteiger partial charge in [-0.05, 0) is 26.7 Å². The summed E-state index contributed by atoms with van der Waals surface area (Å²) in [5, 5.41) is 9.35. The Hall–Kier alpha value is -2.09. The molecule has 3 heterocycles. The number of urea groups is 1. The summed E-state index contributed by atoms with van der Waals surface area (Å²) in [5.41, 5.74) is 0.734. The molecular weight excluding hydrogens is 298 g/mol. The number of carbonyl (C=O) groups excluding carboxylic acids is 2. The first-order chi connectivity index (χ1) is 11.0. The third-order valence-corrected chi connectivity index (χ3v) is 4.63. The van der Waals surface area contributed by atoms with Gasteiger partial charge in [-0.25, -0.2) is 4.79 Å². The fraction of sp³-hybridized carbons (Fsp3) is 0.667. The highest BCUT2D eigenvalue weighted by Gasteiger charge is 2.33. The van der Waals surface area contributed by atoms with E-state index in [1.165, 1.54) is 0 Å². The highest BCUT2D eigenvalue weighted by Crippen LogP contribution is 2.20. The van der Waals surface area contributed by atoms with Gasteiger partial charge in [-0.2, -0.15) is 0 Å². The molecule has 2 aliphatic heterocycles. The van der Waals surface area contributed by atoms with Crippen LogP contribution in [0.1, 0.15) is 25.5 Å². The molecule has 1 aromatic rings. The topological polar surface area (TPSA) is 90.7 Å². The fourth-order valence-electron chi connectivity index (χ4n) is 3.23. The van der Waals surface area contributed by atoms with E-state index >= 15 is 0 Å². The molecule has 2 N–H and O–H groups in total. The lowest BCUT2D eigenvalue weighted by molar-refractivity contribution is -0.121. The molecule has 0 aromatic carbocycles. The number of likely N-dealkylation sites (tertiary alicyclic amines) is 1. The summed E-state index contributed by atoms with van der Waals surface area (Å²) in [6, 6.07) is 1.77. The summed E-state index contributed by atoms with van der Waals surface area (Å²) in [6.07, 6.45) is 1.79. The van der Waals surface area contributed by atoms with Crippen molar-refractivity contribution in [1.29, 1.82) is 0 Å². The standard InChI is InChI=1S/C15H23N5O3/c1-10-9-13(23-18-10)17-14(21)11(2)19-6-3-12(4-7-19)20-8-5-16-15(20)22/h9,11-12H,3-8H2,1-2H3,(H,16,22)(H,17,21). The van der Waals surface area contributed by atoms with E-state index in [1.807, 2.05) is 18.7 Å². The van der Waals surface area contributed by atoms with Crippen LogP contribution in [0.25, 0.3) is 0 Å². The smallest absolute Gasteiger partial charge is 0.317 e. The Morgan fingerprint density at radius 2 is 2.17 bits per heavy atom. The van der Waals surface area contributed by atoms with Gasteiger partial charge in [0.15, 0.2) is 0 Å². The third kappa shape index (κ3) is 3.47. The average Bonchev–Trinajstić information content (AvgIpc) is 3.15. The molecule has 2 saturated heterocycles. The fourth-order valence-corrected chi connectivity index (χ4v) is 3.23. The SMILES string of the molecule is Cc1cc(NC(=O)C(C)N2CCC(N3CCNC3=O)CC2)on1. The van der Waals surface area contributed by atoms with Crippen molar-refractivity contribution in [3.05, 3.63) is 11.8 Å². The van der Waals surface area contributed by atoms with Crippen LogP contribution in [0.5, 0.6) is 0 Å². The molecule has 1 atom stereocenters. The van der Waals surface area contributed by atoms with Crippen LogP contribution in [0.15, 0.2) is 10.6 Å². The summed E-state index contributed by atoms with van der Waals surface area (Å²) in [5.74, 6) is 0.279. The lowest BCUT2D eigenvalue weighted by atomic mass is 10.0. The van der Waals surface area contributed by atoms with E-state index in [0.717, 1.165) is 44.7 Å². The zero-order valence-electron chi connectivity index (χ0n) is 13.5. The molecule has 0 saturated carbocycles. The Morgan fingerprint density at radius 3 is 2.74 bits per heavy atom. The molecule has 2 fully saturated rings. The van der Waals surface area contributed by atoms with Crippen molar-refractivity contribution in [3.63, 3.8) is 0 Å². The number of piperidine rings is 1. The predicted molar refractivity (Wildman–Crippen MR) is 84.0 cm³/mol. The molecule has 8 nitrogen and oxygen atoms in total. The molecule has 2 aliphatic rings. The van der Waals surface area contributed by atoms with E-state index in [9.17, 15) is 9.59 Å². The average molecular weight is 321 g/mol. The molecule has 126 valence electrons. The maximum atomic E-state index is 12.3. The maximum Gasteiger partial charge on any atom is 0.317 e. The van der Waals surface area contributed by atoms with Gasteiger partial charge in [0.1, 0.15) is 0 Å². The lowest BCUT2D eigenvalue weighted by Crippen LogP contribution is -2.51. The molecule has 8 heteroatoms. The quantitative estimate of drug-likeness (QED) is 0.856. The number of anilines is 1. The van der Waals surface area contributed by atoms with Gasteiger partial charge in [0.2, 0.25) is 11.8 Å². The van der Waals surface area contributed by atoms with Gasteiger partial charge >= 0.3 is 6.03 Å². The molecule has 3 rings (SSSR count). The van der Waals surface area contributed by atoms with Crippen molar-refractivity contribution >= 4 is 17.8 Å². The summed E-state index contributed by atoms with van der Waals surface area (Å²) < 4.78 is 5.02. The zero-order chi connectivity index (χ0) is 16.4. The van der Waals surface area contributed by atoms with Crippen molar-refractivity contribution < 1.29 is 14.1 Å². The molecule has 1 aromatic heterocycles. The van der Waals surface area contributed by atoms with E-state index < -0.39 is 0 Å². The van der Waals surface area contributed by atoms with Gasteiger partial charge < -0.3 is 14.7 Å². The van der Waals surface area contributed by atoms with E-state index in [4.69, 9.17) is 4.52 Å². The Morgan fingerprint density at radius 1 is 1.43 bits per heavy atom. The number of amides is 3. The van der Waals surface area contributed by atoms with Crippen LogP contribution in [0.3, 0.4) is 0 Å². The Bertz CT molecular complexity index is 579. The van der Waals surface area contributed by atoms with Gasteiger partial charge in [-0.3, -0.25) is 15.0 Å². The van der Waals surface area contributed by atoms with Crippen molar-refractivity contribution in [2.75, 3.05) is 31.5 Å². The van der Waals surface area contributed by atoms with Gasteiger partial charge in [0.25, 0.3) is 0 Å². The van der Waals surface area contributed by atoms with Crippen molar-refractivity contribution in [2.45, 2.75) is 38.8 Å². The van der Waals surface area contributed by atoms with Crippen LogP contribution < -0.4 is 10.6 Å². The van der Waals surface area contributed by atoms with Gasteiger partial charge in [0, 0.05) is 38.3 Å². The van der Waals surface area contributed by atoms with Crippen LogP contribution in [-0.2, 0) is 4.79 Å². The van der Waals surface area contributed by atoms with Crippen molar-refractivity contribution in [2.24, 2.45) is 0 Å². The summed E-state index contributed by atoms with van der Waals surface area (Å²) in [4.78, 5) is 28.1. The first-order valence-corrected chi connectivity index (χ1v) is 8.07. The van der Waals surface area contributed by atoms with Gasteiger partial charge in [0.05, 0.1) is 11.7 Å². The number of hydrogen-bond donors (Lipinski definition) is 2. The minimum Gasteiger partial charge on any atom is -0.338 e. The number of rotatable bonds is 4. The van der Waals surface area contributed by atoms with Crippen molar-refractivity contribution in [1.82, 2.24) is 20.3 Å². The minimum absolute atomic E-state index is 0.0370. The second-order valence-electron chi connectivity index (χ2n) is 6.19. The molecule has 3 amide bonds. The summed E-state index contributed by atoms with van der Waals surface area (Å²) in [6.45, 7) is 6.82. The van der Waals surface area contributed by atoms with Crippen LogP contribution in [-0.4, -0.2) is 65.2 Å². The first kappa shape index (κ1) is 15.8. The number of nitrogens with zero attached hydrogens (tertiary/aromatic N) is 3. The highest BCUT2D eigenvalue weighted by molar-refractivity contribution is 5.93. The van der Waals surface area contributed by atoms with Crippen LogP contribution >= 0.6 is 0 Å². The van der Waals surface area contributed by atoms with E-state index in [2.05, 4.69) is 20.7 Å². The summed E-state index contributed by atoms with van der Waals surface area (Å²) in [7, 11) is 0. The van der Waals surface area contributed by atoms with Crippen LogP contribution in [0, 0.1) is 6.92 Å². The monoisotopic (exact) mass is 321 g/mol. The van der Waals surface area contributed by atoms with Crippen LogP contribution in [0.4, 0.5) is 10.7 Å². The van der Waals surface area contributed by atoms with Crippen molar-refractivity contribution in [3.8, 4) is 0 Å². The summed E-state index contributed by atoms with van der Waals surface area (Å²) >= 11 is 0. The Balaban J connectivity index is 1.50. The third-order valence-electron chi connectivity index (χ3n) is 4.63. The van der Waals surface area contributed by atoms with E-state index in [1.54, 1.807) is 6.07 Å². The zero-order valence-corrected chi connectivity index (χ0v) is 13.5. The lowest BCUT2D eigenvalue weighted by Gasteiger charge is -2.38. The molecule has 0 radical (unpaired) electrons. The highest BCUT2D eigenvalue weighted by atomic mass is 16.5. The van der Waals surface area contributed by atoms with Gasteiger partial charge in [-0.1, -0.05) is 5.16 Å². The second kappa shape index (κ2) is 6.57. The first-order valence-electron chi connectivity index (χ1n) is 8.07. The predicted octanol–water partition coefficient (Wildman–Crippen LogP) is 0.800. The number of aryl methyl sites for hydroxylation is 1. The number of carbonyl (C=O) groups is 2. The van der Waals surface area contributed by atoms with E-state index in [0.29, 0.717) is 5.88 Å². The number of aromatic nitrogens is 1. The molecule has 0 bridgehead atoms. The molecule has 0 aliphatic carbocycles. The largest absolute Gasteiger partial charge is 0.338 e. The Kier molecular flexibility index (Phi) is 4.51. The normalized spacial score (nSPS) is 21.3. The van der Waals surface area contributed by atoms with E-state index in [-0.39, 0.29) is 24.0 Å². The van der Waals surface area contributed by atoms with Gasteiger partial charge in [-0.15, -0.1) is 0 Å². The molecule has 1 unspecified atom stereocenters. The molecule has 0 spiro atoms. The number of nitrogens with one attached hydrogen (secondary N) is 2. The second-order valence-corrected chi connectivity index (χ2v) is 6.19. The number of hydrogen-bond acceptors (Lipinski definition) is 5. The molecular formula is C15H23N5O3.